The van der Waals surface area contributed by atoms with Crippen molar-refractivity contribution in [1.82, 2.24) is 42.5 Å². The number of unbranched alkanes of at least 4 members (excludes halogenated alkanes) is 36. The van der Waals surface area contributed by atoms with Crippen LogP contribution in [0, 0.1) is 47.3 Å². The minimum absolute atomic E-state index is 0. The maximum atomic E-state index is 7.65. The molecule has 0 spiro atoms. The van der Waals surface area contributed by atoms with Crippen LogP contribution in [0.1, 0.15) is 402 Å². The van der Waals surface area contributed by atoms with Gasteiger partial charge in [-0.15, -0.1) is 0 Å². The Labute approximate surface area is 867 Å². The van der Waals surface area contributed by atoms with Crippen LogP contribution < -0.4 is 42.5 Å². The molecule has 5 aliphatic heterocycles. The van der Waals surface area contributed by atoms with Crippen molar-refractivity contribution in [3.05, 3.63) is 287 Å². The van der Waals surface area contributed by atoms with Crippen LogP contribution in [0.2, 0.25) is 0 Å². The molecular formula is C128H184N8O4Zn+2. The molecule has 8 N–H and O–H groups in total. The molecule has 8 aromatic rings. The van der Waals surface area contributed by atoms with Crippen LogP contribution in [0.3, 0.4) is 0 Å². The third-order valence-corrected chi connectivity index (χ3v) is 35.7. The van der Waals surface area contributed by atoms with Crippen LogP contribution in [0.25, 0.3) is 0 Å². The summed E-state index contributed by atoms with van der Waals surface area (Å²) in [5.41, 5.74) is 11.3. The first-order valence-electron chi connectivity index (χ1n) is 58.4. The van der Waals surface area contributed by atoms with Gasteiger partial charge in [-0.3, -0.25) is 42.5 Å². The first-order valence-corrected chi connectivity index (χ1v) is 58.4. The fourth-order valence-corrected chi connectivity index (χ4v) is 29.0. The zero-order valence-electron chi connectivity index (χ0n) is 87.5. The molecule has 760 valence electrons. The maximum Gasteiger partial charge on any atom is 2.00 e. The van der Waals surface area contributed by atoms with E-state index in [4.69, 9.17) is 61.5 Å². The number of hydrogen-bond acceptors (Lipinski definition) is 12. The molecule has 8 bridgehead atoms. The Morgan fingerprint density at radius 3 is 0.468 bits per heavy atom. The molecule has 4 saturated carbocycles. The van der Waals surface area contributed by atoms with Gasteiger partial charge in [0.2, 0.25) is 0 Å². The fraction of sp³-hybridized carbons (Fsp3) is 0.625. The molecule has 28 atom stereocenters. The van der Waals surface area contributed by atoms with Gasteiger partial charge in [-0.2, -0.15) is 0 Å². The zero-order chi connectivity index (χ0) is 95.5. The van der Waals surface area contributed by atoms with Gasteiger partial charge in [-0.25, -0.2) is 0 Å². The molecule has 141 heavy (non-hydrogen) atoms. The van der Waals surface area contributed by atoms with Crippen LogP contribution in [0.4, 0.5) is 0 Å². The largest absolute Gasteiger partial charge is 2.00 e. The Bertz CT molecular complexity index is 4090. The Morgan fingerprint density at radius 1 is 0.170 bits per heavy atom. The van der Waals surface area contributed by atoms with Crippen LogP contribution in [-0.4, -0.2) is 100 Å². The van der Waals surface area contributed by atoms with E-state index in [2.05, 4.69) is 270 Å². The van der Waals surface area contributed by atoms with Gasteiger partial charge in [0.05, 0.1) is 73.7 Å². The molecule has 0 amide bonds. The van der Waals surface area contributed by atoms with Crippen LogP contribution in [0.15, 0.2) is 243 Å². The van der Waals surface area contributed by atoms with E-state index in [1.54, 1.807) is 0 Å². The predicted molar refractivity (Wildman–Crippen MR) is 582 cm³/mol. The third-order valence-electron chi connectivity index (χ3n) is 35.7. The molecule has 9 fully saturated rings. The summed E-state index contributed by atoms with van der Waals surface area (Å²) in [5, 5.41) is 38.7. The number of hydrogen-bond donors (Lipinski definition) is 8. The Morgan fingerprint density at radius 2 is 0.305 bits per heavy atom. The van der Waals surface area contributed by atoms with Gasteiger partial charge in [0.25, 0.3) is 0 Å². The second-order valence-corrected chi connectivity index (χ2v) is 44.9. The first kappa shape index (κ1) is 108. The number of nitrogens with one attached hydrogen (secondary N) is 8. The number of fused-ring (bicyclic) bond motifs is 20. The molecule has 0 radical (unpaired) electrons. The molecular weight excluding hydrogens is 1780 g/mol. The van der Waals surface area contributed by atoms with Crippen molar-refractivity contribution in [1.29, 1.82) is 0 Å². The topological polar surface area (TPSA) is 133 Å². The summed E-state index contributed by atoms with van der Waals surface area (Å²) >= 11 is 0. The SMILES string of the molecule is CCCCCCCCCCCCOC1CC2C3NC(NC4NC(NC5NC(NC6NC(N3)C3C(c7ccccc7)C(c7ccccc7)C(c7ccccc7)C(c7ccccc7)C63)C3CC(OCCCCCCCCCCCC)C(OCCCCCCCCCCCC)CC53)C3C(c5ccccc5)C(c5ccccc5)C(c5ccccc5)C(c5ccccc5)C43)C2CC1OCCCCCCCCCCCC.[Zn+2]. The zero-order valence-corrected chi connectivity index (χ0v) is 90.5. The molecule has 4 aliphatic carbocycles. The molecule has 9 aliphatic rings. The standard InChI is InChI=1S/C128H184N8O4.Zn/c1-5-9-13-17-21-25-29-33-37-65-85-137-105-89-101-102(90-106(105)138-86-66-38-34-30-26-22-18-14-10-6-2)122-129-121(101)131-125-117-113(97-77-57-45-58-78-97)109(93-69-49-41-50-70-93)110(94-71-51-42-52-72-94)114(98-79-59-46-60-80-98)118(117)127(135-125)133-123-103-91-107(139-87-67-39-35-31-27-23-19-15-11-7-3)108(140-88-68-40-36-32-28-24-20-16-12-8-4)92-104(103)124(130-123)134-128-120-116(100-83-63-48-64-84-100)112(96-75-55-44-56-76-96)111(95-73-53-43-54-74-95)115(99-81-61-47-62-82-99)119(120)126(132-122)136-128;/h41-64,69-84,101-136H,5-40,65-68,85-92H2,1-4H3;/q;+2. The van der Waals surface area contributed by atoms with E-state index in [0.717, 1.165) is 77.8 Å². The van der Waals surface area contributed by atoms with E-state index >= 15 is 0 Å². The Hall–Kier alpha value is -6.10. The summed E-state index contributed by atoms with van der Waals surface area (Å²) in [6, 6.07) is 95.4. The number of benzene rings is 8. The quantitative estimate of drug-likeness (QED) is 0.0136. The Balaban J connectivity index is 0.0000143. The van der Waals surface area contributed by atoms with E-state index in [9.17, 15) is 0 Å². The van der Waals surface area contributed by atoms with Crippen molar-refractivity contribution in [2.45, 2.75) is 431 Å². The van der Waals surface area contributed by atoms with Gasteiger partial charge in [-0.1, -0.05) is 501 Å². The van der Waals surface area contributed by atoms with Crippen molar-refractivity contribution < 1.29 is 38.4 Å². The average molecular weight is 1960 g/mol. The van der Waals surface area contributed by atoms with Crippen molar-refractivity contribution in [3.63, 3.8) is 0 Å². The van der Waals surface area contributed by atoms with Crippen LogP contribution in [0.5, 0.6) is 0 Å². The molecule has 5 saturated heterocycles. The molecule has 5 heterocycles. The fourth-order valence-electron chi connectivity index (χ4n) is 29.0. The summed E-state index contributed by atoms with van der Waals surface area (Å²) in [6.45, 7) is 12.4. The molecule has 12 nitrogen and oxygen atoms in total. The summed E-state index contributed by atoms with van der Waals surface area (Å²) in [6.07, 6.45) is 54.4. The summed E-state index contributed by atoms with van der Waals surface area (Å²) in [7, 11) is 0. The van der Waals surface area contributed by atoms with Crippen LogP contribution >= 0.6 is 0 Å². The van der Waals surface area contributed by atoms with Gasteiger partial charge in [0.15, 0.2) is 0 Å². The molecule has 8 aromatic carbocycles. The van der Waals surface area contributed by atoms with Gasteiger partial charge in [-0.05, 0) is 167 Å². The van der Waals surface area contributed by atoms with Crippen molar-refractivity contribution in [3.8, 4) is 0 Å². The molecule has 17 rings (SSSR count). The van der Waals surface area contributed by atoms with Gasteiger partial charge in [0, 0.05) is 50.1 Å². The van der Waals surface area contributed by atoms with Crippen molar-refractivity contribution in [2.75, 3.05) is 26.4 Å². The van der Waals surface area contributed by atoms with Gasteiger partial charge < -0.3 is 18.9 Å². The second-order valence-electron chi connectivity index (χ2n) is 44.9. The Kier molecular flexibility index (Phi) is 44.3. The predicted octanol–water partition coefficient (Wildman–Crippen LogP) is 29.4. The normalized spacial score (nSPS) is 31.0. The minimum Gasteiger partial charge on any atom is -0.376 e. The average Bonchev–Trinajstić information content (AvgIpc) is 1.25. The van der Waals surface area contributed by atoms with E-state index < -0.39 is 0 Å². The number of rotatable bonds is 56. The summed E-state index contributed by atoms with van der Waals surface area (Å²) in [5.74, 6) is 1.87. The van der Waals surface area contributed by atoms with Crippen LogP contribution in [-0.2, 0) is 38.4 Å². The van der Waals surface area contributed by atoms with Crippen molar-refractivity contribution >= 4 is 0 Å². The molecule has 0 aromatic heterocycles. The smallest absolute Gasteiger partial charge is 0.376 e. The van der Waals surface area contributed by atoms with Crippen molar-refractivity contribution in [2.24, 2.45) is 47.3 Å². The van der Waals surface area contributed by atoms with E-state index in [-0.39, 0.29) is 188 Å². The third kappa shape index (κ3) is 28.5. The minimum atomic E-state index is -0.150. The molecule has 28 unspecified atom stereocenters. The first-order chi connectivity index (χ1) is 69.5. The summed E-state index contributed by atoms with van der Waals surface area (Å²) in [4.78, 5) is 0. The van der Waals surface area contributed by atoms with E-state index in [0.29, 0.717) is 0 Å². The van der Waals surface area contributed by atoms with E-state index in [1.807, 2.05) is 0 Å². The van der Waals surface area contributed by atoms with Gasteiger partial charge >= 0.3 is 19.5 Å². The van der Waals surface area contributed by atoms with E-state index in [1.165, 1.54) is 276 Å². The van der Waals surface area contributed by atoms with Gasteiger partial charge in [0.1, 0.15) is 0 Å². The number of ether oxygens (including phenoxy) is 4. The summed E-state index contributed by atoms with van der Waals surface area (Å²) < 4.78 is 30.6. The maximum absolute atomic E-state index is 7.65. The monoisotopic (exact) mass is 1960 g/mol. The molecule has 13 heteroatoms. The second kappa shape index (κ2) is 58.0.